The first kappa shape index (κ1) is 16.6. The van der Waals surface area contributed by atoms with Gasteiger partial charge in [-0.25, -0.2) is 0 Å². The summed E-state index contributed by atoms with van der Waals surface area (Å²) in [5, 5.41) is 3.45. The minimum absolute atomic E-state index is 0.275. The first-order chi connectivity index (χ1) is 11.3. The van der Waals surface area contributed by atoms with Crippen molar-refractivity contribution in [2.75, 3.05) is 40.3 Å². The van der Waals surface area contributed by atoms with E-state index in [9.17, 15) is 0 Å². The molecular formula is C19H30N2O2. The van der Waals surface area contributed by atoms with Crippen LogP contribution in [0.15, 0.2) is 18.2 Å². The number of hydrogen-bond donors (Lipinski definition) is 1. The molecule has 2 aliphatic rings. The lowest BCUT2D eigenvalue weighted by Gasteiger charge is -2.31. The summed E-state index contributed by atoms with van der Waals surface area (Å²) in [6.07, 6.45) is 6.22. The van der Waals surface area contributed by atoms with Crippen LogP contribution in [0.2, 0.25) is 0 Å². The molecule has 1 N–H and O–H groups in total. The minimum Gasteiger partial charge on any atom is -0.493 e. The molecule has 23 heavy (non-hydrogen) atoms. The number of nitrogens with one attached hydrogen (secondary N) is 1. The SMILES string of the molecule is COc1cccc(CC2CCNCC2)c1OC1CCCN(C)C1. The van der Waals surface area contributed by atoms with Crippen LogP contribution in [0.3, 0.4) is 0 Å². The zero-order valence-corrected chi connectivity index (χ0v) is 14.5. The lowest BCUT2D eigenvalue weighted by Crippen LogP contribution is -2.38. The van der Waals surface area contributed by atoms with Crippen LogP contribution < -0.4 is 14.8 Å². The van der Waals surface area contributed by atoms with Gasteiger partial charge in [-0.15, -0.1) is 0 Å². The summed E-state index contributed by atoms with van der Waals surface area (Å²) in [5.41, 5.74) is 1.31. The molecular weight excluding hydrogens is 288 g/mol. The van der Waals surface area contributed by atoms with E-state index >= 15 is 0 Å². The molecule has 0 bridgehead atoms. The molecule has 0 amide bonds. The highest BCUT2D eigenvalue weighted by Crippen LogP contribution is 2.35. The summed E-state index contributed by atoms with van der Waals surface area (Å²) in [6, 6.07) is 6.33. The molecule has 2 heterocycles. The fourth-order valence-electron chi connectivity index (χ4n) is 3.80. The Morgan fingerprint density at radius 2 is 2.04 bits per heavy atom. The van der Waals surface area contributed by atoms with Crippen molar-refractivity contribution in [3.8, 4) is 11.5 Å². The lowest BCUT2D eigenvalue weighted by atomic mass is 9.90. The van der Waals surface area contributed by atoms with Gasteiger partial charge in [-0.1, -0.05) is 12.1 Å². The predicted molar refractivity (Wildman–Crippen MR) is 93.4 cm³/mol. The summed E-state index contributed by atoms with van der Waals surface area (Å²) < 4.78 is 12.0. The zero-order valence-electron chi connectivity index (χ0n) is 14.5. The van der Waals surface area contributed by atoms with Gasteiger partial charge in [0.2, 0.25) is 0 Å². The van der Waals surface area contributed by atoms with E-state index in [1.165, 1.54) is 31.4 Å². The highest BCUT2D eigenvalue weighted by Gasteiger charge is 2.23. The van der Waals surface area contributed by atoms with E-state index in [1.54, 1.807) is 7.11 Å². The number of hydrogen-bond acceptors (Lipinski definition) is 4. The van der Waals surface area contributed by atoms with Gasteiger partial charge in [0.25, 0.3) is 0 Å². The number of rotatable bonds is 5. The molecule has 2 aliphatic heterocycles. The Labute approximate surface area is 140 Å². The smallest absolute Gasteiger partial charge is 0.164 e. The quantitative estimate of drug-likeness (QED) is 0.905. The fourth-order valence-corrected chi connectivity index (χ4v) is 3.80. The van der Waals surface area contributed by atoms with Crippen molar-refractivity contribution in [1.29, 1.82) is 0 Å². The molecule has 2 fully saturated rings. The average molecular weight is 318 g/mol. The second kappa shape index (κ2) is 8.02. The van der Waals surface area contributed by atoms with E-state index < -0.39 is 0 Å². The Balaban J connectivity index is 1.75. The molecule has 0 aliphatic carbocycles. The number of benzene rings is 1. The number of nitrogens with zero attached hydrogens (tertiary/aromatic N) is 1. The molecule has 3 rings (SSSR count). The Hall–Kier alpha value is -1.26. The van der Waals surface area contributed by atoms with Gasteiger partial charge in [-0.05, 0) is 76.3 Å². The van der Waals surface area contributed by atoms with E-state index in [0.717, 1.165) is 49.9 Å². The third-order valence-electron chi connectivity index (χ3n) is 5.11. The number of para-hydroxylation sites is 1. The van der Waals surface area contributed by atoms with E-state index in [1.807, 2.05) is 6.07 Å². The maximum atomic E-state index is 6.44. The molecule has 128 valence electrons. The van der Waals surface area contributed by atoms with Gasteiger partial charge in [0.1, 0.15) is 6.10 Å². The number of methoxy groups -OCH3 is 1. The van der Waals surface area contributed by atoms with Crippen molar-refractivity contribution in [3.05, 3.63) is 23.8 Å². The Bertz CT molecular complexity index is 500. The van der Waals surface area contributed by atoms with E-state index in [4.69, 9.17) is 9.47 Å². The summed E-state index contributed by atoms with van der Waals surface area (Å²) >= 11 is 0. The van der Waals surface area contributed by atoms with Crippen LogP contribution in [0, 0.1) is 5.92 Å². The third-order valence-corrected chi connectivity index (χ3v) is 5.11. The summed E-state index contributed by atoms with van der Waals surface area (Å²) in [7, 11) is 3.91. The van der Waals surface area contributed by atoms with Crippen molar-refractivity contribution in [3.63, 3.8) is 0 Å². The predicted octanol–water partition coefficient (Wildman–Crippen LogP) is 2.71. The zero-order chi connectivity index (χ0) is 16.1. The molecule has 0 aromatic heterocycles. The summed E-state index contributed by atoms with van der Waals surface area (Å²) in [5.74, 6) is 2.61. The van der Waals surface area contributed by atoms with E-state index in [0.29, 0.717) is 0 Å². The van der Waals surface area contributed by atoms with Gasteiger partial charge in [-0.2, -0.15) is 0 Å². The highest BCUT2D eigenvalue weighted by molar-refractivity contribution is 5.47. The van der Waals surface area contributed by atoms with Gasteiger partial charge < -0.3 is 19.7 Å². The molecule has 1 atom stereocenters. The first-order valence-electron chi connectivity index (χ1n) is 8.98. The van der Waals surface area contributed by atoms with Gasteiger partial charge in [0.15, 0.2) is 11.5 Å². The topological polar surface area (TPSA) is 33.7 Å². The van der Waals surface area contributed by atoms with Crippen LogP contribution in [0.4, 0.5) is 0 Å². The van der Waals surface area contributed by atoms with Crippen molar-refractivity contribution >= 4 is 0 Å². The summed E-state index contributed by atoms with van der Waals surface area (Å²) in [4.78, 5) is 2.36. The maximum absolute atomic E-state index is 6.44. The molecule has 0 saturated carbocycles. The Kier molecular flexibility index (Phi) is 5.79. The van der Waals surface area contributed by atoms with Crippen LogP contribution in [-0.4, -0.2) is 51.3 Å². The van der Waals surface area contributed by atoms with Crippen LogP contribution in [-0.2, 0) is 6.42 Å². The fraction of sp³-hybridized carbons (Fsp3) is 0.684. The molecule has 4 heteroatoms. The second-order valence-corrected chi connectivity index (χ2v) is 6.99. The van der Waals surface area contributed by atoms with Gasteiger partial charge in [-0.3, -0.25) is 0 Å². The lowest BCUT2D eigenvalue weighted by molar-refractivity contribution is 0.0999. The van der Waals surface area contributed by atoms with Crippen LogP contribution >= 0.6 is 0 Å². The monoisotopic (exact) mass is 318 g/mol. The molecule has 1 unspecified atom stereocenters. The third kappa shape index (κ3) is 4.39. The van der Waals surface area contributed by atoms with E-state index in [2.05, 4.69) is 29.4 Å². The Morgan fingerprint density at radius 3 is 2.78 bits per heavy atom. The minimum atomic E-state index is 0.275. The van der Waals surface area contributed by atoms with Crippen molar-refractivity contribution < 1.29 is 9.47 Å². The molecule has 1 aromatic rings. The molecule has 2 saturated heterocycles. The normalized spacial score (nSPS) is 23.7. The molecule has 0 radical (unpaired) electrons. The van der Waals surface area contributed by atoms with E-state index in [-0.39, 0.29) is 6.10 Å². The second-order valence-electron chi connectivity index (χ2n) is 6.99. The van der Waals surface area contributed by atoms with Crippen LogP contribution in [0.5, 0.6) is 11.5 Å². The van der Waals surface area contributed by atoms with Crippen molar-refractivity contribution in [1.82, 2.24) is 10.2 Å². The van der Waals surface area contributed by atoms with Crippen LogP contribution in [0.25, 0.3) is 0 Å². The average Bonchev–Trinajstić information content (AvgIpc) is 2.57. The Morgan fingerprint density at radius 1 is 1.22 bits per heavy atom. The van der Waals surface area contributed by atoms with Gasteiger partial charge >= 0.3 is 0 Å². The van der Waals surface area contributed by atoms with Crippen molar-refractivity contribution in [2.24, 2.45) is 5.92 Å². The molecule has 4 nitrogen and oxygen atoms in total. The first-order valence-corrected chi connectivity index (χ1v) is 8.98. The van der Waals surface area contributed by atoms with Gasteiger partial charge in [0, 0.05) is 6.54 Å². The largest absolute Gasteiger partial charge is 0.493 e. The number of piperidine rings is 2. The number of ether oxygens (including phenoxy) is 2. The number of likely N-dealkylation sites (tertiary alicyclic amines) is 1. The van der Waals surface area contributed by atoms with Crippen molar-refractivity contribution in [2.45, 2.75) is 38.2 Å². The van der Waals surface area contributed by atoms with Crippen LogP contribution in [0.1, 0.15) is 31.2 Å². The molecule has 1 aromatic carbocycles. The standard InChI is InChI=1S/C19H30N2O2/c1-21-12-4-6-17(14-21)23-19-16(5-3-7-18(19)22-2)13-15-8-10-20-11-9-15/h3,5,7,15,17,20H,4,6,8-14H2,1-2H3. The molecule has 0 spiro atoms. The maximum Gasteiger partial charge on any atom is 0.164 e. The van der Waals surface area contributed by atoms with Gasteiger partial charge in [0.05, 0.1) is 7.11 Å². The highest BCUT2D eigenvalue weighted by atomic mass is 16.5. The summed E-state index contributed by atoms with van der Waals surface area (Å²) in [6.45, 7) is 4.45. The number of likely N-dealkylation sites (N-methyl/N-ethyl adjacent to an activating group) is 1.